The summed E-state index contributed by atoms with van der Waals surface area (Å²) in [4.78, 5) is 43.2. The molecule has 2 saturated heterocycles. The average molecular weight is 468 g/mol. The van der Waals surface area contributed by atoms with E-state index in [1.54, 1.807) is 19.1 Å². The average Bonchev–Trinajstić information content (AvgIpc) is 3.03. The minimum atomic E-state index is -0.913. The zero-order valence-electron chi connectivity index (χ0n) is 19.3. The molecule has 2 heterocycles. The molecule has 2 aromatic carbocycles. The van der Waals surface area contributed by atoms with Crippen molar-refractivity contribution in [2.24, 2.45) is 0 Å². The Balaban J connectivity index is 1.23. The van der Waals surface area contributed by atoms with Crippen LogP contribution in [-0.4, -0.2) is 77.5 Å². The molecule has 2 aliphatic rings. The van der Waals surface area contributed by atoms with E-state index in [0.717, 1.165) is 5.56 Å². The normalized spacial score (nSPS) is 21.5. The first-order valence-corrected chi connectivity index (χ1v) is 11.5. The van der Waals surface area contributed by atoms with Crippen molar-refractivity contribution in [3.63, 3.8) is 0 Å². The lowest BCUT2D eigenvalue weighted by molar-refractivity contribution is -0.132. The largest absolute Gasteiger partial charge is 0.326 e. The predicted molar refractivity (Wildman–Crippen MR) is 126 cm³/mol. The molecule has 8 nitrogen and oxygen atoms in total. The summed E-state index contributed by atoms with van der Waals surface area (Å²) in [6, 6.07) is 15.3. The van der Waals surface area contributed by atoms with Crippen molar-refractivity contribution < 1.29 is 18.8 Å². The fourth-order valence-corrected chi connectivity index (χ4v) is 4.34. The Labute approximate surface area is 198 Å². The summed E-state index contributed by atoms with van der Waals surface area (Å²) in [5, 5.41) is 5.58. The molecule has 0 bridgehead atoms. The summed E-state index contributed by atoms with van der Waals surface area (Å²) in [7, 11) is 0. The van der Waals surface area contributed by atoms with Crippen LogP contribution in [-0.2, 0) is 16.0 Å². The molecule has 0 aromatic heterocycles. The van der Waals surface area contributed by atoms with Gasteiger partial charge in [-0.15, -0.1) is 0 Å². The number of aryl methyl sites for hydroxylation is 1. The molecule has 2 aliphatic heterocycles. The highest BCUT2D eigenvalue weighted by atomic mass is 19.1. The number of nitrogens with zero attached hydrogens (tertiary/aromatic N) is 3. The summed E-state index contributed by atoms with van der Waals surface area (Å²) >= 11 is 0. The Hall–Kier alpha value is -3.30. The Bertz CT molecular complexity index is 1040. The number of amides is 4. The van der Waals surface area contributed by atoms with Gasteiger partial charge in [-0.25, -0.2) is 14.1 Å². The monoisotopic (exact) mass is 467 g/mol. The zero-order chi connectivity index (χ0) is 24.1. The maximum Gasteiger partial charge on any atom is 0.326 e. The van der Waals surface area contributed by atoms with Crippen LogP contribution < -0.4 is 10.6 Å². The Morgan fingerprint density at radius 3 is 2.44 bits per heavy atom. The lowest BCUT2D eigenvalue weighted by Crippen LogP contribution is -2.52. The first-order chi connectivity index (χ1) is 16.3. The fraction of sp³-hybridized carbons (Fsp3) is 0.400. The quantitative estimate of drug-likeness (QED) is 0.582. The molecule has 9 heteroatoms. The van der Waals surface area contributed by atoms with Crippen LogP contribution in [0, 0.1) is 5.82 Å². The van der Waals surface area contributed by atoms with Crippen molar-refractivity contribution in [3.05, 3.63) is 66.0 Å². The maximum absolute atomic E-state index is 13.3. The lowest BCUT2D eigenvalue weighted by Gasteiger charge is -2.35. The van der Waals surface area contributed by atoms with Crippen LogP contribution in [0.3, 0.4) is 0 Å². The third kappa shape index (κ3) is 5.78. The Morgan fingerprint density at radius 2 is 1.74 bits per heavy atom. The SMILES string of the molecule is C[C@@]1(CCc2ccccc2)NC(=O)N(CN2CCN(CC(=O)Nc3cccc(F)c3)CC2)C1=O. The van der Waals surface area contributed by atoms with E-state index in [1.165, 1.54) is 17.0 Å². The number of hydrogen-bond acceptors (Lipinski definition) is 5. The van der Waals surface area contributed by atoms with Crippen molar-refractivity contribution in [1.29, 1.82) is 0 Å². The van der Waals surface area contributed by atoms with Gasteiger partial charge in [0.05, 0.1) is 13.2 Å². The highest BCUT2D eigenvalue weighted by molar-refractivity contribution is 6.06. The minimum Gasteiger partial charge on any atom is -0.325 e. The molecular weight excluding hydrogens is 437 g/mol. The number of nitrogens with one attached hydrogen (secondary N) is 2. The van der Waals surface area contributed by atoms with Gasteiger partial charge >= 0.3 is 6.03 Å². The number of carbonyl (C=O) groups excluding carboxylic acids is 3. The second-order valence-electron chi connectivity index (χ2n) is 9.08. The molecule has 2 N–H and O–H groups in total. The molecule has 2 aromatic rings. The van der Waals surface area contributed by atoms with Gasteiger partial charge in [0.1, 0.15) is 11.4 Å². The molecule has 180 valence electrons. The van der Waals surface area contributed by atoms with E-state index in [1.807, 2.05) is 40.1 Å². The fourth-order valence-electron chi connectivity index (χ4n) is 4.34. The number of imide groups is 1. The van der Waals surface area contributed by atoms with E-state index < -0.39 is 11.4 Å². The number of halogens is 1. The van der Waals surface area contributed by atoms with Crippen LogP contribution in [0.2, 0.25) is 0 Å². The number of benzene rings is 2. The van der Waals surface area contributed by atoms with Gasteiger partial charge in [-0.2, -0.15) is 0 Å². The topological polar surface area (TPSA) is 85.0 Å². The second-order valence-corrected chi connectivity index (χ2v) is 9.08. The number of urea groups is 1. The van der Waals surface area contributed by atoms with E-state index in [2.05, 4.69) is 10.6 Å². The molecule has 0 saturated carbocycles. The number of anilines is 1. The van der Waals surface area contributed by atoms with Gasteiger partial charge in [0, 0.05) is 31.9 Å². The third-order valence-electron chi connectivity index (χ3n) is 6.38. The molecule has 4 rings (SSSR count). The first kappa shape index (κ1) is 23.8. The van der Waals surface area contributed by atoms with Crippen molar-refractivity contribution in [3.8, 4) is 0 Å². The highest BCUT2D eigenvalue weighted by Crippen LogP contribution is 2.24. The van der Waals surface area contributed by atoms with Gasteiger partial charge in [-0.3, -0.25) is 19.4 Å². The summed E-state index contributed by atoms with van der Waals surface area (Å²) in [5.41, 5.74) is 0.642. The summed E-state index contributed by atoms with van der Waals surface area (Å²) in [5.74, 6) is -0.810. The lowest BCUT2D eigenvalue weighted by atomic mass is 9.93. The van der Waals surface area contributed by atoms with Gasteiger partial charge < -0.3 is 10.6 Å². The molecule has 4 amide bonds. The van der Waals surface area contributed by atoms with Crippen molar-refractivity contribution >= 4 is 23.5 Å². The highest BCUT2D eigenvalue weighted by Gasteiger charge is 2.47. The molecule has 0 spiro atoms. The molecule has 0 aliphatic carbocycles. The van der Waals surface area contributed by atoms with Crippen LogP contribution in [0.15, 0.2) is 54.6 Å². The van der Waals surface area contributed by atoms with Gasteiger partial charge in [0.15, 0.2) is 0 Å². The molecular formula is C25H30FN5O3. The predicted octanol–water partition coefficient (Wildman–Crippen LogP) is 2.28. The first-order valence-electron chi connectivity index (χ1n) is 11.5. The van der Waals surface area contributed by atoms with E-state index in [4.69, 9.17) is 0 Å². The number of rotatable bonds is 8. The van der Waals surface area contributed by atoms with Gasteiger partial charge in [-0.05, 0) is 43.5 Å². The smallest absolute Gasteiger partial charge is 0.325 e. The van der Waals surface area contributed by atoms with Crippen LogP contribution in [0.1, 0.15) is 18.9 Å². The van der Waals surface area contributed by atoms with Crippen molar-refractivity contribution in [1.82, 2.24) is 20.0 Å². The van der Waals surface area contributed by atoms with E-state index in [9.17, 15) is 18.8 Å². The molecule has 1 atom stereocenters. The molecule has 0 radical (unpaired) electrons. The summed E-state index contributed by atoms with van der Waals surface area (Å²) < 4.78 is 13.3. The molecule has 0 unspecified atom stereocenters. The van der Waals surface area contributed by atoms with Gasteiger partial charge in [0.2, 0.25) is 5.91 Å². The van der Waals surface area contributed by atoms with Crippen molar-refractivity contribution in [2.75, 3.05) is 44.7 Å². The zero-order valence-corrected chi connectivity index (χ0v) is 19.3. The molecule has 34 heavy (non-hydrogen) atoms. The van der Waals surface area contributed by atoms with Gasteiger partial charge in [0.25, 0.3) is 5.91 Å². The second kappa shape index (κ2) is 10.3. The van der Waals surface area contributed by atoms with Crippen LogP contribution >= 0.6 is 0 Å². The Morgan fingerprint density at radius 1 is 1.03 bits per heavy atom. The van der Waals surface area contributed by atoms with Crippen LogP contribution in [0.5, 0.6) is 0 Å². The number of carbonyl (C=O) groups is 3. The van der Waals surface area contributed by atoms with Crippen LogP contribution in [0.4, 0.5) is 14.9 Å². The summed E-state index contributed by atoms with van der Waals surface area (Å²) in [6.07, 6.45) is 1.24. The Kier molecular flexibility index (Phi) is 7.23. The number of hydrogen-bond donors (Lipinski definition) is 2. The van der Waals surface area contributed by atoms with Gasteiger partial charge in [-0.1, -0.05) is 36.4 Å². The van der Waals surface area contributed by atoms with E-state index in [-0.39, 0.29) is 31.1 Å². The van der Waals surface area contributed by atoms with Crippen molar-refractivity contribution in [2.45, 2.75) is 25.3 Å². The van der Waals surface area contributed by atoms with E-state index >= 15 is 0 Å². The number of piperazine rings is 1. The van der Waals surface area contributed by atoms with E-state index in [0.29, 0.717) is 44.7 Å². The standard InChI is InChI=1S/C25H30FN5O3/c1-25(11-10-19-6-3-2-4-7-19)23(33)31(24(34)28-25)18-30-14-12-29(13-15-30)17-22(32)27-21-9-5-8-20(26)16-21/h2-9,16H,10-15,17-18H2,1H3,(H,27,32)(H,28,34)/t25-/m0/s1. The molecule has 2 fully saturated rings. The summed E-state index contributed by atoms with van der Waals surface area (Å²) in [6.45, 7) is 4.73. The minimum absolute atomic E-state index is 0.199. The third-order valence-corrected chi connectivity index (χ3v) is 6.38. The van der Waals surface area contributed by atoms with Crippen LogP contribution in [0.25, 0.3) is 0 Å². The maximum atomic E-state index is 13.3.